The van der Waals surface area contributed by atoms with Crippen molar-refractivity contribution in [3.05, 3.63) is 70.7 Å². The summed E-state index contributed by atoms with van der Waals surface area (Å²) in [5, 5.41) is 3.31. The predicted molar refractivity (Wildman–Crippen MR) is 119 cm³/mol. The van der Waals surface area contributed by atoms with Crippen molar-refractivity contribution >= 4 is 29.4 Å². The highest BCUT2D eigenvalue weighted by Gasteiger charge is 2.31. The van der Waals surface area contributed by atoms with Crippen LogP contribution in [0.3, 0.4) is 0 Å². The van der Waals surface area contributed by atoms with Gasteiger partial charge in [0.1, 0.15) is 0 Å². The maximum Gasteiger partial charge on any atom is 0.310 e. The molecule has 0 spiro atoms. The van der Waals surface area contributed by atoms with Crippen molar-refractivity contribution in [2.75, 3.05) is 19.7 Å². The number of likely N-dealkylation sites (tertiary alicyclic amines) is 1. The minimum absolute atomic E-state index is 0.0930. The van der Waals surface area contributed by atoms with Gasteiger partial charge in [-0.25, -0.2) is 0 Å². The van der Waals surface area contributed by atoms with Crippen LogP contribution in [0.4, 0.5) is 0 Å². The smallest absolute Gasteiger partial charge is 0.310 e. The molecular formula is C24H27ClN2O4. The summed E-state index contributed by atoms with van der Waals surface area (Å²) in [6.45, 7) is 3.04. The average Bonchev–Trinajstić information content (AvgIpc) is 2.79. The lowest BCUT2D eigenvalue weighted by Gasteiger charge is -2.32. The molecule has 1 aliphatic heterocycles. The maximum atomic E-state index is 13.1. The molecule has 0 aliphatic carbocycles. The van der Waals surface area contributed by atoms with Crippen LogP contribution in [0.2, 0.25) is 5.02 Å². The predicted octanol–water partition coefficient (Wildman–Crippen LogP) is 4.00. The van der Waals surface area contributed by atoms with E-state index in [0.29, 0.717) is 36.7 Å². The van der Waals surface area contributed by atoms with E-state index < -0.39 is 6.04 Å². The Morgan fingerprint density at radius 1 is 1.13 bits per heavy atom. The topological polar surface area (TPSA) is 75.7 Å². The van der Waals surface area contributed by atoms with Crippen LogP contribution in [0.5, 0.6) is 0 Å². The Morgan fingerprint density at radius 2 is 1.84 bits per heavy atom. The molecule has 6 nitrogen and oxygen atoms in total. The summed E-state index contributed by atoms with van der Waals surface area (Å²) in [6.07, 6.45) is 1.56. The van der Waals surface area contributed by atoms with Gasteiger partial charge >= 0.3 is 5.97 Å². The van der Waals surface area contributed by atoms with E-state index in [1.807, 2.05) is 30.3 Å². The zero-order valence-corrected chi connectivity index (χ0v) is 18.3. The summed E-state index contributed by atoms with van der Waals surface area (Å²) in [5.74, 6) is -1.00. The van der Waals surface area contributed by atoms with Gasteiger partial charge in [0.15, 0.2) is 0 Å². The number of benzene rings is 2. The molecule has 0 radical (unpaired) electrons. The van der Waals surface area contributed by atoms with E-state index in [0.717, 1.165) is 12.0 Å². The van der Waals surface area contributed by atoms with Crippen LogP contribution in [0, 0.1) is 5.92 Å². The second kappa shape index (κ2) is 11.0. The summed E-state index contributed by atoms with van der Waals surface area (Å²) in [5.41, 5.74) is 1.19. The van der Waals surface area contributed by atoms with Crippen molar-refractivity contribution in [3.8, 4) is 0 Å². The first kappa shape index (κ1) is 22.8. The summed E-state index contributed by atoms with van der Waals surface area (Å²) in [6, 6.07) is 15.7. The van der Waals surface area contributed by atoms with Crippen molar-refractivity contribution in [3.63, 3.8) is 0 Å². The van der Waals surface area contributed by atoms with Crippen molar-refractivity contribution in [1.29, 1.82) is 0 Å². The van der Waals surface area contributed by atoms with E-state index in [-0.39, 0.29) is 30.1 Å². The number of esters is 1. The van der Waals surface area contributed by atoms with Crippen molar-refractivity contribution in [1.82, 2.24) is 10.2 Å². The molecule has 1 N–H and O–H groups in total. The van der Waals surface area contributed by atoms with E-state index in [1.54, 1.807) is 36.1 Å². The lowest BCUT2D eigenvalue weighted by molar-refractivity contribution is -0.151. The molecule has 1 saturated heterocycles. The number of rotatable bonds is 7. The first-order valence-electron chi connectivity index (χ1n) is 10.5. The fourth-order valence-corrected chi connectivity index (χ4v) is 4.00. The second-order valence-electron chi connectivity index (χ2n) is 7.55. The SMILES string of the molecule is CCOC(=O)[C@H]1CCCN(C(=O)C[C@H](NC(=O)c2ccccc2Cl)c2ccccc2)C1. The molecule has 1 heterocycles. The Balaban J connectivity index is 1.73. The standard InChI is InChI=1S/C24H27ClN2O4/c1-2-31-24(30)18-11-8-14-27(16-18)22(28)15-21(17-9-4-3-5-10-17)26-23(29)19-12-6-7-13-20(19)25/h3-7,9-10,12-13,18,21H,2,8,11,14-16H2,1H3,(H,26,29)/t18-,21-/m0/s1. The van der Waals surface area contributed by atoms with Crippen LogP contribution in [-0.4, -0.2) is 42.4 Å². The molecule has 1 aliphatic rings. The van der Waals surface area contributed by atoms with Crippen molar-refractivity contribution < 1.29 is 19.1 Å². The first-order chi connectivity index (χ1) is 15.0. The highest BCUT2D eigenvalue weighted by atomic mass is 35.5. The fourth-order valence-electron chi connectivity index (χ4n) is 3.78. The zero-order valence-electron chi connectivity index (χ0n) is 17.6. The van der Waals surface area contributed by atoms with Crippen LogP contribution in [0.15, 0.2) is 54.6 Å². The van der Waals surface area contributed by atoms with Crippen LogP contribution >= 0.6 is 11.6 Å². The molecule has 0 unspecified atom stereocenters. The van der Waals surface area contributed by atoms with Crippen LogP contribution in [-0.2, 0) is 14.3 Å². The number of nitrogens with one attached hydrogen (secondary N) is 1. The van der Waals surface area contributed by atoms with Gasteiger partial charge in [0.2, 0.25) is 5.91 Å². The molecule has 2 aromatic carbocycles. The van der Waals surface area contributed by atoms with E-state index in [1.165, 1.54) is 0 Å². The number of piperidine rings is 1. The Bertz CT molecular complexity index is 919. The Kier molecular flexibility index (Phi) is 8.06. The molecule has 2 amide bonds. The fraction of sp³-hybridized carbons (Fsp3) is 0.375. The third kappa shape index (κ3) is 6.07. The minimum atomic E-state index is -0.513. The van der Waals surface area contributed by atoms with Crippen LogP contribution in [0.25, 0.3) is 0 Å². The van der Waals surface area contributed by atoms with Gasteiger partial charge in [-0.05, 0) is 37.5 Å². The van der Waals surface area contributed by atoms with Gasteiger partial charge in [-0.15, -0.1) is 0 Å². The number of ether oxygens (including phenoxy) is 1. The molecule has 164 valence electrons. The molecular weight excluding hydrogens is 416 g/mol. The average molecular weight is 443 g/mol. The van der Waals surface area contributed by atoms with Gasteiger partial charge in [0.25, 0.3) is 5.91 Å². The van der Waals surface area contributed by atoms with Crippen LogP contribution in [0.1, 0.15) is 48.1 Å². The zero-order chi connectivity index (χ0) is 22.2. The van der Waals surface area contributed by atoms with Crippen LogP contribution < -0.4 is 5.32 Å². The molecule has 31 heavy (non-hydrogen) atoms. The Morgan fingerprint density at radius 3 is 2.55 bits per heavy atom. The first-order valence-corrected chi connectivity index (χ1v) is 10.9. The number of nitrogens with zero attached hydrogens (tertiary/aromatic N) is 1. The number of hydrogen-bond acceptors (Lipinski definition) is 4. The molecule has 0 bridgehead atoms. The number of halogens is 1. The third-order valence-electron chi connectivity index (χ3n) is 5.40. The number of carbonyl (C=O) groups is 3. The number of amides is 2. The summed E-state index contributed by atoms with van der Waals surface area (Å²) < 4.78 is 5.13. The Hall–Kier alpha value is -2.86. The van der Waals surface area contributed by atoms with E-state index in [2.05, 4.69) is 5.32 Å². The van der Waals surface area contributed by atoms with Gasteiger partial charge < -0.3 is 15.0 Å². The summed E-state index contributed by atoms with van der Waals surface area (Å²) >= 11 is 6.17. The van der Waals surface area contributed by atoms with Gasteiger partial charge in [-0.3, -0.25) is 14.4 Å². The van der Waals surface area contributed by atoms with E-state index >= 15 is 0 Å². The Labute approximate surface area is 187 Å². The number of carbonyl (C=O) groups excluding carboxylic acids is 3. The van der Waals surface area contributed by atoms with E-state index in [4.69, 9.17) is 16.3 Å². The molecule has 2 atom stereocenters. The normalized spacial score (nSPS) is 17.0. The molecule has 7 heteroatoms. The molecule has 3 rings (SSSR count). The van der Waals surface area contributed by atoms with Gasteiger partial charge in [0, 0.05) is 13.1 Å². The highest BCUT2D eigenvalue weighted by Crippen LogP contribution is 2.24. The van der Waals surface area contributed by atoms with Crippen molar-refractivity contribution in [2.45, 2.75) is 32.2 Å². The monoisotopic (exact) mass is 442 g/mol. The summed E-state index contributed by atoms with van der Waals surface area (Å²) in [4.78, 5) is 39.7. The quantitative estimate of drug-likeness (QED) is 0.657. The molecule has 0 aromatic heterocycles. The van der Waals surface area contributed by atoms with Gasteiger partial charge in [-0.1, -0.05) is 54.1 Å². The van der Waals surface area contributed by atoms with Gasteiger partial charge in [-0.2, -0.15) is 0 Å². The van der Waals surface area contributed by atoms with Gasteiger partial charge in [0.05, 0.1) is 35.6 Å². The molecule has 2 aromatic rings. The largest absolute Gasteiger partial charge is 0.466 e. The third-order valence-corrected chi connectivity index (χ3v) is 5.73. The van der Waals surface area contributed by atoms with E-state index in [9.17, 15) is 14.4 Å². The lowest BCUT2D eigenvalue weighted by Crippen LogP contribution is -2.44. The highest BCUT2D eigenvalue weighted by molar-refractivity contribution is 6.33. The lowest BCUT2D eigenvalue weighted by atomic mass is 9.96. The maximum absolute atomic E-state index is 13.1. The number of hydrogen-bond donors (Lipinski definition) is 1. The second-order valence-corrected chi connectivity index (χ2v) is 7.96. The van der Waals surface area contributed by atoms with Crippen molar-refractivity contribution in [2.24, 2.45) is 5.92 Å². The summed E-state index contributed by atoms with van der Waals surface area (Å²) in [7, 11) is 0. The minimum Gasteiger partial charge on any atom is -0.466 e. The molecule has 0 saturated carbocycles. The molecule has 1 fully saturated rings.